The number of aromatic nitrogens is 2. The van der Waals surface area contributed by atoms with Gasteiger partial charge in [-0.3, -0.25) is 20.2 Å². The van der Waals surface area contributed by atoms with E-state index in [1.165, 1.54) is 50.6 Å². The predicted octanol–water partition coefficient (Wildman–Crippen LogP) is 3.31. The van der Waals surface area contributed by atoms with E-state index in [1.807, 2.05) is 0 Å². The van der Waals surface area contributed by atoms with Gasteiger partial charge in [-0.2, -0.15) is 0 Å². The van der Waals surface area contributed by atoms with Gasteiger partial charge < -0.3 is 13.9 Å². The molecule has 3 rings (SSSR count). The number of hydrogen-bond donors (Lipinski definition) is 1. The summed E-state index contributed by atoms with van der Waals surface area (Å²) < 4.78 is 15.9. The summed E-state index contributed by atoms with van der Waals surface area (Å²) in [5.41, 5.74) is 1.11. The monoisotopic (exact) mass is 396 g/mol. The van der Waals surface area contributed by atoms with Crippen LogP contribution in [0.4, 0.5) is 11.7 Å². The summed E-state index contributed by atoms with van der Waals surface area (Å²) in [6.07, 6.45) is 2.75. The molecule has 0 spiro atoms. The second-order valence-corrected chi connectivity index (χ2v) is 5.65. The Bertz CT molecular complexity index is 1060. The van der Waals surface area contributed by atoms with Crippen LogP contribution in [-0.2, 0) is 4.79 Å². The molecule has 1 aromatic heterocycles. The van der Waals surface area contributed by atoms with Crippen molar-refractivity contribution in [1.29, 1.82) is 0 Å². The summed E-state index contributed by atoms with van der Waals surface area (Å²) in [6.45, 7) is 0. The van der Waals surface area contributed by atoms with Crippen LogP contribution >= 0.6 is 0 Å². The molecule has 1 amide bonds. The summed E-state index contributed by atoms with van der Waals surface area (Å²) >= 11 is 0. The number of hydrogen-bond acceptors (Lipinski definition) is 8. The number of nitrogens with one attached hydrogen (secondary N) is 1. The van der Waals surface area contributed by atoms with Crippen LogP contribution in [0.1, 0.15) is 5.56 Å². The zero-order valence-electron chi connectivity index (χ0n) is 15.5. The lowest BCUT2D eigenvalue weighted by molar-refractivity contribution is -0.384. The zero-order chi connectivity index (χ0) is 20.8. The molecular weight excluding hydrogens is 380 g/mol. The van der Waals surface area contributed by atoms with Gasteiger partial charge in [-0.25, -0.2) is 0 Å². The quantitative estimate of drug-likeness (QED) is 0.366. The summed E-state index contributed by atoms with van der Waals surface area (Å²) in [7, 11) is 3.04. The maximum Gasteiger partial charge on any atom is 0.322 e. The second-order valence-electron chi connectivity index (χ2n) is 5.65. The molecule has 0 fully saturated rings. The molecule has 2 aromatic carbocycles. The molecular formula is C19H16N4O6. The van der Waals surface area contributed by atoms with Crippen LogP contribution in [0, 0.1) is 10.1 Å². The molecule has 0 saturated carbocycles. The van der Waals surface area contributed by atoms with Crippen molar-refractivity contribution in [3.8, 4) is 23.0 Å². The first-order valence-electron chi connectivity index (χ1n) is 8.29. The Morgan fingerprint density at radius 1 is 1.14 bits per heavy atom. The number of rotatable bonds is 7. The van der Waals surface area contributed by atoms with Crippen molar-refractivity contribution in [1.82, 2.24) is 10.2 Å². The zero-order valence-corrected chi connectivity index (χ0v) is 15.5. The molecule has 3 aromatic rings. The predicted molar refractivity (Wildman–Crippen MR) is 104 cm³/mol. The average molecular weight is 396 g/mol. The van der Waals surface area contributed by atoms with Gasteiger partial charge in [0.1, 0.15) is 11.5 Å². The summed E-state index contributed by atoms with van der Waals surface area (Å²) in [6, 6.07) is 10.8. The number of carbonyl (C=O) groups is 1. The molecule has 0 aliphatic heterocycles. The summed E-state index contributed by atoms with van der Waals surface area (Å²) in [5, 5.41) is 20.8. The number of anilines is 1. The van der Waals surface area contributed by atoms with E-state index in [9.17, 15) is 14.9 Å². The highest BCUT2D eigenvalue weighted by Gasteiger charge is 2.15. The fourth-order valence-corrected chi connectivity index (χ4v) is 2.39. The molecule has 0 atom stereocenters. The maximum absolute atomic E-state index is 12.1. The normalized spacial score (nSPS) is 10.7. The van der Waals surface area contributed by atoms with E-state index < -0.39 is 10.8 Å². The Hall–Kier alpha value is -4.21. The van der Waals surface area contributed by atoms with E-state index in [4.69, 9.17) is 13.9 Å². The number of nitro benzene ring substituents is 1. The molecule has 10 nitrogen and oxygen atoms in total. The number of nitrogens with zero attached hydrogens (tertiary/aromatic N) is 3. The van der Waals surface area contributed by atoms with Gasteiger partial charge in [0.2, 0.25) is 0 Å². The van der Waals surface area contributed by atoms with Crippen molar-refractivity contribution in [3.05, 3.63) is 64.2 Å². The highest BCUT2D eigenvalue weighted by molar-refractivity contribution is 6.00. The van der Waals surface area contributed by atoms with Gasteiger partial charge in [0.25, 0.3) is 17.5 Å². The van der Waals surface area contributed by atoms with Gasteiger partial charge in [-0.15, -0.1) is 5.10 Å². The number of methoxy groups -OCH3 is 2. The Morgan fingerprint density at radius 2 is 1.90 bits per heavy atom. The number of amides is 1. The fraction of sp³-hybridized carbons (Fsp3) is 0.105. The van der Waals surface area contributed by atoms with Crippen molar-refractivity contribution >= 4 is 23.7 Å². The lowest BCUT2D eigenvalue weighted by Crippen LogP contribution is -2.07. The Kier molecular flexibility index (Phi) is 5.83. The lowest BCUT2D eigenvalue weighted by atomic mass is 10.2. The van der Waals surface area contributed by atoms with E-state index in [0.29, 0.717) is 22.6 Å². The molecule has 0 bridgehead atoms. The molecule has 148 valence electrons. The minimum Gasteiger partial charge on any atom is -0.497 e. The third-order valence-corrected chi connectivity index (χ3v) is 3.82. The minimum atomic E-state index is -0.504. The Morgan fingerprint density at radius 3 is 2.55 bits per heavy atom. The number of nitro groups is 1. The minimum absolute atomic E-state index is 0.0297. The van der Waals surface area contributed by atoms with Crippen LogP contribution < -0.4 is 14.8 Å². The van der Waals surface area contributed by atoms with Gasteiger partial charge in [0, 0.05) is 18.2 Å². The Labute approximate surface area is 164 Å². The van der Waals surface area contributed by atoms with Crippen molar-refractivity contribution in [3.63, 3.8) is 0 Å². The number of non-ortho nitro benzene ring substituents is 1. The fourth-order valence-electron chi connectivity index (χ4n) is 2.39. The van der Waals surface area contributed by atoms with Gasteiger partial charge in [-0.05, 0) is 42.0 Å². The molecule has 0 radical (unpaired) electrons. The first kappa shape index (κ1) is 19.5. The molecule has 10 heteroatoms. The topological polar surface area (TPSA) is 130 Å². The molecule has 0 unspecified atom stereocenters. The van der Waals surface area contributed by atoms with Crippen molar-refractivity contribution in [2.75, 3.05) is 19.5 Å². The van der Waals surface area contributed by atoms with Crippen molar-refractivity contribution in [2.24, 2.45) is 0 Å². The van der Waals surface area contributed by atoms with E-state index in [0.717, 1.165) is 0 Å². The van der Waals surface area contributed by atoms with Gasteiger partial charge in [-0.1, -0.05) is 5.10 Å². The standard InChI is InChI=1S/C19H16N4O6/c1-27-14-8-9-16(28-2)15(11-14)18-21-22-19(29-18)20-17(24)10-5-12-3-6-13(7-4-12)23(25)26/h3-11H,1-2H3,(H,20,22,24)/b10-5-. The Balaban J connectivity index is 1.70. The van der Waals surface area contributed by atoms with Crippen molar-refractivity contribution < 1.29 is 23.6 Å². The maximum atomic E-state index is 12.1. The molecule has 0 aliphatic carbocycles. The van der Waals surface area contributed by atoms with E-state index in [1.54, 1.807) is 18.2 Å². The highest BCUT2D eigenvalue weighted by atomic mass is 16.6. The van der Waals surface area contributed by atoms with Crippen LogP contribution in [0.3, 0.4) is 0 Å². The molecule has 29 heavy (non-hydrogen) atoms. The smallest absolute Gasteiger partial charge is 0.322 e. The second kappa shape index (κ2) is 8.65. The molecule has 0 aliphatic rings. The first-order chi connectivity index (χ1) is 14.0. The van der Waals surface area contributed by atoms with Crippen molar-refractivity contribution in [2.45, 2.75) is 0 Å². The third-order valence-electron chi connectivity index (χ3n) is 3.82. The molecule has 1 heterocycles. The van der Waals surface area contributed by atoms with E-state index in [2.05, 4.69) is 15.5 Å². The van der Waals surface area contributed by atoms with Crippen LogP contribution in [0.2, 0.25) is 0 Å². The first-order valence-corrected chi connectivity index (χ1v) is 8.29. The lowest BCUT2D eigenvalue weighted by Gasteiger charge is -2.07. The number of ether oxygens (including phenoxy) is 2. The van der Waals surface area contributed by atoms with Gasteiger partial charge >= 0.3 is 6.01 Å². The van der Waals surface area contributed by atoms with E-state index >= 15 is 0 Å². The molecule has 0 saturated heterocycles. The highest BCUT2D eigenvalue weighted by Crippen LogP contribution is 2.33. The number of benzene rings is 2. The third kappa shape index (κ3) is 4.75. The average Bonchev–Trinajstić information content (AvgIpc) is 3.20. The van der Waals surface area contributed by atoms with Crippen LogP contribution in [-0.4, -0.2) is 35.2 Å². The summed E-state index contributed by atoms with van der Waals surface area (Å²) in [4.78, 5) is 22.2. The largest absolute Gasteiger partial charge is 0.497 e. The summed E-state index contributed by atoms with van der Waals surface area (Å²) in [5.74, 6) is 0.729. The van der Waals surface area contributed by atoms with Gasteiger partial charge in [0.05, 0.1) is 24.7 Å². The van der Waals surface area contributed by atoms with E-state index in [-0.39, 0.29) is 17.6 Å². The number of carbonyl (C=O) groups excluding carboxylic acids is 1. The molecule has 1 N–H and O–H groups in total. The van der Waals surface area contributed by atoms with Crippen LogP contribution in [0.15, 0.2) is 53.0 Å². The van der Waals surface area contributed by atoms with Gasteiger partial charge in [0.15, 0.2) is 0 Å². The van der Waals surface area contributed by atoms with Crippen LogP contribution in [0.5, 0.6) is 11.5 Å². The SMILES string of the molecule is COc1ccc(OC)c(-c2nnc(NC(=O)/C=C\c3ccc([N+](=O)[O-])cc3)o2)c1. The van der Waals surface area contributed by atoms with Crippen LogP contribution in [0.25, 0.3) is 17.5 Å².